The van der Waals surface area contributed by atoms with Crippen molar-refractivity contribution in [3.8, 4) is 5.75 Å². The average Bonchev–Trinajstić information content (AvgIpc) is 2.84. The van der Waals surface area contributed by atoms with Gasteiger partial charge in [-0.05, 0) is 24.3 Å². The topological polar surface area (TPSA) is 129 Å². The Labute approximate surface area is 188 Å². The van der Waals surface area contributed by atoms with E-state index in [1.807, 2.05) is 24.3 Å². The first-order valence-electron chi connectivity index (χ1n) is 10.0. The van der Waals surface area contributed by atoms with E-state index in [1.165, 1.54) is 30.5 Å². The lowest BCUT2D eigenvalue weighted by atomic mass is 10.1. The molecule has 0 bridgehead atoms. The van der Waals surface area contributed by atoms with Crippen molar-refractivity contribution >= 4 is 23.8 Å². The molecule has 168 valence electrons. The molecule has 10 nitrogen and oxygen atoms in total. The normalized spacial score (nSPS) is 21.4. The number of nitro groups is 1. The van der Waals surface area contributed by atoms with Gasteiger partial charge in [0.25, 0.3) is 11.6 Å². The molecule has 33 heavy (non-hydrogen) atoms. The number of rotatable bonds is 6. The number of hydrogen-bond donors (Lipinski definition) is 1. The Kier molecular flexibility index (Phi) is 6.67. The zero-order chi connectivity index (χ0) is 23.2. The van der Waals surface area contributed by atoms with Gasteiger partial charge in [0.05, 0.1) is 23.3 Å². The van der Waals surface area contributed by atoms with Gasteiger partial charge in [-0.25, -0.2) is 10.2 Å². The van der Waals surface area contributed by atoms with Crippen LogP contribution >= 0.6 is 0 Å². The molecular formula is C23H19N3O7. The summed E-state index contributed by atoms with van der Waals surface area (Å²) in [4.78, 5) is 35.0. The van der Waals surface area contributed by atoms with Crippen LogP contribution in [0.2, 0.25) is 0 Å². The fourth-order valence-corrected chi connectivity index (χ4v) is 3.20. The summed E-state index contributed by atoms with van der Waals surface area (Å²) < 4.78 is 16.8. The minimum Gasteiger partial charge on any atom is -0.422 e. The highest BCUT2D eigenvalue weighted by Crippen LogP contribution is 2.21. The van der Waals surface area contributed by atoms with E-state index in [-0.39, 0.29) is 35.8 Å². The molecule has 0 radical (unpaired) electrons. The summed E-state index contributed by atoms with van der Waals surface area (Å²) in [6.45, 7) is 0.101. The highest BCUT2D eigenvalue weighted by atomic mass is 16.6. The fourth-order valence-electron chi connectivity index (χ4n) is 3.20. The number of esters is 1. The van der Waals surface area contributed by atoms with Crippen LogP contribution in [0.15, 0.2) is 77.9 Å². The standard InChI is InChI=1S/C23H19N3O7/c27-22(21-14-31-19-7-3-4-8-20(19)32-21)25-24-13-16-5-1-2-6-18(16)33-23(28)15-9-11-17(12-10-15)26(29)30/h1-13,19-21H,14H2,(H,25,27)/b24-13+. The molecule has 2 aromatic rings. The highest BCUT2D eigenvalue weighted by Gasteiger charge is 2.33. The van der Waals surface area contributed by atoms with Gasteiger partial charge in [-0.3, -0.25) is 14.9 Å². The van der Waals surface area contributed by atoms with Gasteiger partial charge in [0.2, 0.25) is 0 Å². The molecule has 1 heterocycles. The van der Waals surface area contributed by atoms with Crippen molar-refractivity contribution in [3.05, 3.63) is 94.1 Å². The van der Waals surface area contributed by atoms with Crippen molar-refractivity contribution in [1.29, 1.82) is 0 Å². The van der Waals surface area contributed by atoms with Crippen LogP contribution < -0.4 is 10.2 Å². The molecule has 1 fully saturated rings. The number of hydrogen-bond acceptors (Lipinski definition) is 8. The van der Waals surface area contributed by atoms with Crippen molar-refractivity contribution in [1.82, 2.24) is 5.43 Å². The third-order valence-electron chi connectivity index (χ3n) is 4.90. The van der Waals surface area contributed by atoms with Crippen molar-refractivity contribution in [2.24, 2.45) is 5.10 Å². The number of fused-ring (bicyclic) bond motifs is 1. The summed E-state index contributed by atoms with van der Waals surface area (Å²) in [7, 11) is 0. The minimum absolute atomic E-state index is 0.101. The van der Waals surface area contributed by atoms with Crippen LogP contribution in [0.25, 0.3) is 0 Å². The summed E-state index contributed by atoms with van der Waals surface area (Å²) in [5.74, 6) is -0.947. The Morgan fingerprint density at radius 1 is 1.09 bits per heavy atom. The fraction of sp³-hybridized carbons (Fsp3) is 0.174. The molecule has 3 atom stereocenters. The Hall–Kier alpha value is -4.15. The predicted octanol–water partition coefficient (Wildman–Crippen LogP) is 2.54. The minimum atomic E-state index is -0.810. The van der Waals surface area contributed by atoms with E-state index in [9.17, 15) is 19.7 Å². The number of para-hydroxylation sites is 1. The predicted molar refractivity (Wildman–Crippen MR) is 117 cm³/mol. The van der Waals surface area contributed by atoms with E-state index in [0.717, 1.165) is 0 Å². The van der Waals surface area contributed by atoms with E-state index in [4.69, 9.17) is 14.2 Å². The molecule has 0 aromatic heterocycles. The lowest BCUT2D eigenvalue weighted by Crippen LogP contribution is -2.48. The maximum atomic E-state index is 12.4. The second-order valence-electron chi connectivity index (χ2n) is 7.12. The Bertz CT molecular complexity index is 1140. The summed E-state index contributed by atoms with van der Waals surface area (Å²) in [5.41, 5.74) is 2.87. The number of amides is 1. The van der Waals surface area contributed by atoms with Gasteiger partial charge < -0.3 is 14.2 Å². The molecule has 0 saturated carbocycles. The second-order valence-corrected chi connectivity index (χ2v) is 7.12. The Morgan fingerprint density at radius 2 is 1.82 bits per heavy atom. The van der Waals surface area contributed by atoms with Crippen LogP contribution in [0.4, 0.5) is 5.69 Å². The molecule has 3 unspecified atom stereocenters. The smallest absolute Gasteiger partial charge is 0.343 e. The molecule has 0 spiro atoms. The molecule has 10 heteroatoms. The maximum Gasteiger partial charge on any atom is 0.343 e. The summed E-state index contributed by atoms with van der Waals surface area (Å²) in [6, 6.07) is 11.7. The van der Waals surface area contributed by atoms with Crippen LogP contribution in [0.1, 0.15) is 15.9 Å². The molecule has 2 aromatic carbocycles. The van der Waals surface area contributed by atoms with E-state index < -0.39 is 22.9 Å². The molecule has 1 aliphatic heterocycles. The number of nitrogens with zero attached hydrogens (tertiary/aromatic N) is 2. The van der Waals surface area contributed by atoms with Crippen molar-refractivity contribution in [2.75, 3.05) is 6.61 Å². The van der Waals surface area contributed by atoms with Crippen LogP contribution in [0.3, 0.4) is 0 Å². The number of nitrogens with one attached hydrogen (secondary N) is 1. The first kappa shape index (κ1) is 22.1. The zero-order valence-electron chi connectivity index (χ0n) is 17.2. The van der Waals surface area contributed by atoms with Crippen molar-refractivity contribution < 1.29 is 28.7 Å². The van der Waals surface area contributed by atoms with E-state index in [2.05, 4.69) is 10.5 Å². The molecule has 4 rings (SSSR count). The summed E-state index contributed by atoms with van der Waals surface area (Å²) in [6.07, 6.45) is 7.37. The quantitative estimate of drug-likeness (QED) is 0.236. The van der Waals surface area contributed by atoms with Gasteiger partial charge in [0.1, 0.15) is 18.0 Å². The van der Waals surface area contributed by atoms with E-state index in [0.29, 0.717) is 5.56 Å². The molecule has 1 aliphatic carbocycles. The highest BCUT2D eigenvalue weighted by molar-refractivity contribution is 5.93. The molecular weight excluding hydrogens is 430 g/mol. The number of benzene rings is 2. The maximum absolute atomic E-state index is 12.4. The molecule has 1 N–H and O–H groups in total. The first-order valence-corrected chi connectivity index (χ1v) is 10.0. The van der Waals surface area contributed by atoms with Gasteiger partial charge in [-0.1, -0.05) is 36.4 Å². The molecule has 1 saturated heterocycles. The number of non-ortho nitro benzene ring substituents is 1. The SMILES string of the molecule is O=C(Oc1ccccc1/C=N/NC(=O)C1COC2C=CC=CC2O1)c1ccc([N+](=O)[O-])cc1. The van der Waals surface area contributed by atoms with E-state index >= 15 is 0 Å². The van der Waals surface area contributed by atoms with Crippen LogP contribution in [0.5, 0.6) is 5.75 Å². The summed E-state index contributed by atoms with van der Waals surface area (Å²) >= 11 is 0. The van der Waals surface area contributed by atoms with Crippen LogP contribution in [-0.4, -0.2) is 47.9 Å². The number of nitro benzene ring substituents is 1. The average molecular weight is 449 g/mol. The molecule has 2 aliphatic rings. The number of carbonyl (C=O) groups excluding carboxylic acids is 2. The number of ether oxygens (including phenoxy) is 3. The monoisotopic (exact) mass is 449 g/mol. The van der Waals surface area contributed by atoms with Crippen molar-refractivity contribution in [3.63, 3.8) is 0 Å². The van der Waals surface area contributed by atoms with Crippen LogP contribution in [0, 0.1) is 10.1 Å². The Balaban J connectivity index is 1.36. The van der Waals surface area contributed by atoms with Gasteiger partial charge in [0, 0.05) is 17.7 Å². The number of allylic oxidation sites excluding steroid dienone is 2. The largest absolute Gasteiger partial charge is 0.422 e. The zero-order valence-corrected chi connectivity index (χ0v) is 17.2. The van der Waals surface area contributed by atoms with Gasteiger partial charge in [0.15, 0.2) is 6.10 Å². The van der Waals surface area contributed by atoms with Gasteiger partial charge in [-0.15, -0.1) is 0 Å². The van der Waals surface area contributed by atoms with Gasteiger partial charge >= 0.3 is 5.97 Å². The van der Waals surface area contributed by atoms with Crippen LogP contribution in [-0.2, 0) is 14.3 Å². The van der Waals surface area contributed by atoms with Crippen molar-refractivity contribution in [2.45, 2.75) is 18.3 Å². The second kappa shape index (κ2) is 9.98. The lowest BCUT2D eigenvalue weighted by Gasteiger charge is -2.33. The lowest BCUT2D eigenvalue weighted by molar-refractivity contribution is -0.384. The summed E-state index contributed by atoms with van der Waals surface area (Å²) in [5, 5.41) is 14.7. The van der Waals surface area contributed by atoms with Gasteiger partial charge in [-0.2, -0.15) is 5.10 Å². The first-order chi connectivity index (χ1) is 16.0. The third kappa shape index (κ3) is 5.37. The Morgan fingerprint density at radius 3 is 2.58 bits per heavy atom. The number of carbonyl (C=O) groups is 2. The molecule has 1 amide bonds. The third-order valence-corrected chi connectivity index (χ3v) is 4.90. The van der Waals surface area contributed by atoms with E-state index in [1.54, 1.807) is 24.3 Å². The number of hydrazone groups is 1.